The van der Waals surface area contributed by atoms with Crippen LogP contribution in [0.5, 0.6) is 0 Å². The highest BCUT2D eigenvalue weighted by atomic mass is 31.2. The van der Waals surface area contributed by atoms with Gasteiger partial charge in [-0.2, -0.15) is 0 Å². The molecule has 0 saturated carbocycles. The fourth-order valence-corrected chi connectivity index (χ4v) is 1.18. The lowest BCUT2D eigenvalue weighted by molar-refractivity contribution is -0.134. The van der Waals surface area contributed by atoms with Gasteiger partial charge in [0.15, 0.2) is 0 Å². The van der Waals surface area contributed by atoms with E-state index in [0.717, 1.165) is 6.92 Å². The molecule has 78 valence electrons. The predicted octanol–water partition coefficient (Wildman–Crippen LogP) is 0.580. The zero-order valence-electron chi connectivity index (χ0n) is 7.49. The molecule has 3 N–H and O–H groups in total. The van der Waals surface area contributed by atoms with Crippen molar-refractivity contribution >= 4 is 18.9 Å². The minimum Gasteiger partial charge on any atom is -0.481 e. The molecule has 0 bridgehead atoms. The van der Waals surface area contributed by atoms with Crippen molar-refractivity contribution in [2.24, 2.45) is 0 Å². The molecule has 0 radical (unpaired) electrons. The molecule has 0 aliphatic rings. The SMILES string of the molecule is CC(=O)O.O=P(O)(O)c1ccccc1. The Morgan fingerprint density at radius 2 is 1.57 bits per heavy atom. The average Bonchev–Trinajstić information content (AvgIpc) is 2.03. The maximum Gasteiger partial charge on any atom is 0.356 e. The van der Waals surface area contributed by atoms with Crippen LogP contribution < -0.4 is 5.30 Å². The van der Waals surface area contributed by atoms with Crippen molar-refractivity contribution in [3.8, 4) is 0 Å². The molecule has 1 aromatic carbocycles. The highest BCUT2D eigenvalue weighted by molar-refractivity contribution is 7.60. The third-order valence-electron chi connectivity index (χ3n) is 1.09. The van der Waals surface area contributed by atoms with Crippen LogP contribution in [0.3, 0.4) is 0 Å². The molecule has 1 aromatic rings. The summed E-state index contributed by atoms with van der Waals surface area (Å²) in [4.78, 5) is 26.2. The Morgan fingerprint density at radius 1 is 1.21 bits per heavy atom. The number of rotatable bonds is 1. The number of hydrogen-bond acceptors (Lipinski definition) is 2. The molecule has 5 nitrogen and oxygen atoms in total. The van der Waals surface area contributed by atoms with Crippen LogP contribution in [0.15, 0.2) is 30.3 Å². The number of hydrogen-bond donors (Lipinski definition) is 3. The molecule has 6 heteroatoms. The van der Waals surface area contributed by atoms with Gasteiger partial charge in [-0.1, -0.05) is 18.2 Å². The Bertz CT molecular complexity index is 325. The van der Waals surface area contributed by atoms with Gasteiger partial charge in [-0.15, -0.1) is 0 Å². The van der Waals surface area contributed by atoms with Gasteiger partial charge in [-0.25, -0.2) is 0 Å². The largest absolute Gasteiger partial charge is 0.481 e. The summed E-state index contributed by atoms with van der Waals surface area (Å²) in [6, 6.07) is 7.70. The summed E-state index contributed by atoms with van der Waals surface area (Å²) >= 11 is 0. The third kappa shape index (κ3) is 6.37. The third-order valence-corrected chi connectivity index (χ3v) is 2.06. The van der Waals surface area contributed by atoms with Gasteiger partial charge in [0.2, 0.25) is 0 Å². The number of carboxylic acid groups (broad SMARTS) is 1. The normalized spacial score (nSPS) is 9.93. The summed E-state index contributed by atoms with van der Waals surface area (Å²) < 4.78 is 10.5. The molecule has 1 rings (SSSR count). The van der Waals surface area contributed by atoms with Gasteiger partial charge in [0.05, 0.1) is 5.30 Å². The fraction of sp³-hybridized carbons (Fsp3) is 0.125. The van der Waals surface area contributed by atoms with Crippen LogP contribution in [-0.2, 0) is 9.36 Å². The Hall–Kier alpha value is -1.16. The standard InChI is InChI=1S/C6H7O3P.C2H4O2/c7-10(8,9)6-4-2-1-3-5-6;1-2(3)4/h1-5H,(H2,7,8,9);1H3,(H,3,4). The van der Waals surface area contributed by atoms with Crippen molar-refractivity contribution < 1.29 is 24.3 Å². The minimum absolute atomic E-state index is 0.0648. The molecule has 0 unspecified atom stereocenters. The molecule has 0 saturated heterocycles. The van der Waals surface area contributed by atoms with Gasteiger partial charge in [0.1, 0.15) is 0 Å². The van der Waals surface area contributed by atoms with Crippen molar-refractivity contribution in [1.29, 1.82) is 0 Å². The van der Waals surface area contributed by atoms with E-state index in [2.05, 4.69) is 0 Å². The summed E-state index contributed by atoms with van der Waals surface area (Å²) in [7, 11) is -4.02. The van der Waals surface area contributed by atoms with Crippen molar-refractivity contribution in [2.75, 3.05) is 0 Å². The number of benzene rings is 1. The molecule has 0 heterocycles. The lowest BCUT2D eigenvalue weighted by Crippen LogP contribution is -2.01. The van der Waals surface area contributed by atoms with Gasteiger partial charge < -0.3 is 14.9 Å². The van der Waals surface area contributed by atoms with Gasteiger partial charge in [-0.3, -0.25) is 9.36 Å². The van der Waals surface area contributed by atoms with E-state index in [9.17, 15) is 4.57 Å². The Labute approximate surface area is 81.2 Å². The van der Waals surface area contributed by atoms with Crippen molar-refractivity contribution in [3.05, 3.63) is 30.3 Å². The van der Waals surface area contributed by atoms with E-state index < -0.39 is 13.6 Å². The van der Waals surface area contributed by atoms with E-state index in [1.54, 1.807) is 18.2 Å². The minimum atomic E-state index is -4.02. The Kier molecular flexibility index (Phi) is 5.09. The maximum absolute atomic E-state index is 10.5. The van der Waals surface area contributed by atoms with E-state index in [-0.39, 0.29) is 5.30 Å². The monoisotopic (exact) mass is 218 g/mol. The second-order valence-electron chi connectivity index (χ2n) is 2.40. The van der Waals surface area contributed by atoms with E-state index in [4.69, 9.17) is 19.7 Å². The predicted molar refractivity (Wildman–Crippen MR) is 51.4 cm³/mol. The van der Waals surface area contributed by atoms with Crippen LogP contribution in [-0.4, -0.2) is 20.9 Å². The molecule has 0 amide bonds. The summed E-state index contributed by atoms with van der Waals surface area (Å²) in [5.74, 6) is -0.833. The van der Waals surface area contributed by atoms with E-state index in [0.29, 0.717) is 0 Å². The van der Waals surface area contributed by atoms with Crippen LogP contribution in [0, 0.1) is 0 Å². The average molecular weight is 218 g/mol. The summed E-state index contributed by atoms with van der Waals surface area (Å²) in [6.07, 6.45) is 0. The van der Waals surface area contributed by atoms with Crippen molar-refractivity contribution in [3.63, 3.8) is 0 Å². The Morgan fingerprint density at radius 3 is 1.79 bits per heavy atom. The molecule has 0 spiro atoms. The second kappa shape index (κ2) is 5.54. The summed E-state index contributed by atoms with van der Waals surface area (Å²) in [5.41, 5.74) is 0. The van der Waals surface area contributed by atoms with Crippen LogP contribution >= 0.6 is 7.60 Å². The molecule has 0 aliphatic carbocycles. The quantitative estimate of drug-likeness (QED) is 0.599. The van der Waals surface area contributed by atoms with Crippen LogP contribution in [0.4, 0.5) is 0 Å². The molecular formula is C8H11O5P. The molecule has 0 atom stereocenters. The molecule has 0 aliphatic heterocycles. The zero-order chi connectivity index (χ0) is 11.2. The topological polar surface area (TPSA) is 94.8 Å². The second-order valence-corrected chi connectivity index (χ2v) is 4.00. The van der Waals surface area contributed by atoms with Gasteiger partial charge >= 0.3 is 7.60 Å². The van der Waals surface area contributed by atoms with E-state index in [1.165, 1.54) is 12.1 Å². The highest BCUT2D eigenvalue weighted by Gasteiger charge is 2.14. The number of aliphatic carboxylic acids is 1. The molecular weight excluding hydrogens is 207 g/mol. The summed E-state index contributed by atoms with van der Waals surface area (Å²) in [5, 5.41) is 7.48. The Balaban J connectivity index is 0.000000364. The lowest BCUT2D eigenvalue weighted by Gasteiger charge is -2.00. The first-order chi connectivity index (χ1) is 6.34. The fourth-order valence-electron chi connectivity index (χ4n) is 0.622. The first kappa shape index (κ1) is 12.8. The summed E-state index contributed by atoms with van der Waals surface area (Å²) in [6.45, 7) is 1.08. The van der Waals surface area contributed by atoms with E-state index in [1.807, 2.05) is 0 Å². The first-order valence-electron chi connectivity index (χ1n) is 3.64. The first-order valence-corrected chi connectivity index (χ1v) is 5.26. The molecule has 0 fully saturated rings. The lowest BCUT2D eigenvalue weighted by atomic mass is 10.4. The smallest absolute Gasteiger partial charge is 0.356 e. The maximum atomic E-state index is 10.5. The van der Waals surface area contributed by atoms with Crippen LogP contribution in [0.1, 0.15) is 6.92 Å². The highest BCUT2D eigenvalue weighted by Crippen LogP contribution is 2.32. The van der Waals surface area contributed by atoms with Gasteiger partial charge in [0, 0.05) is 6.92 Å². The van der Waals surface area contributed by atoms with Gasteiger partial charge in [0.25, 0.3) is 5.97 Å². The van der Waals surface area contributed by atoms with Crippen molar-refractivity contribution in [2.45, 2.75) is 6.92 Å². The molecule has 14 heavy (non-hydrogen) atoms. The van der Waals surface area contributed by atoms with Crippen LogP contribution in [0.25, 0.3) is 0 Å². The molecule has 0 aromatic heterocycles. The van der Waals surface area contributed by atoms with Crippen LogP contribution in [0.2, 0.25) is 0 Å². The number of carbonyl (C=O) groups is 1. The van der Waals surface area contributed by atoms with E-state index >= 15 is 0 Å². The van der Waals surface area contributed by atoms with Crippen molar-refractivity contribution in [1.82, 2.24) is 0 Å². The number of carboxylic acids is 1. The zero-order valence-corrected chi connectivity index (χ0v) is 8.39. The van der Waals surface area contributed by atoms with Gasteiger partial charge in [-0.05, 0) is 12.1 Å².